The van der Waals surface area contributed by atoms with Gasteiger partial charge < -0.3 is 25.5 Å². The van der Waals surface area contributed by atoms with Crippen molar-refractivity contribution in [1.82, 2.24) is 15.3 Å². The zero-order chi connectivity index (χ0) is 24.1. The Morgan fingerprint density at radius 1 is 1.09 bits per heavy atom. The molecule has 0 saturated carbocycles. The number of nitrogens with two attached hydrogens (primary N) is 1. The molecule has 34 heavy (non-hydrogen) atoms. The number of nitrogens with one attached hydrogen (secondary N) is 2. The van der Waals surface area contributed by atoms with Crippen LogP contribution in [-0.4, -0.2) is 34.3 Å². The molecule has 0 radical (unpaired) electrons. The second-order valence-electron chi connectivity index (χ2n) is 9.25. The van der Waals surface area contributed by atoms with Gasteiger partial charge in [-0.15, -0.1) is 0 Å². The molecule has 176 valence electrons. The van der Waals surface area contributed by atoms with Gasteiger partial charge in [-0.05, 0) is 62.6 Å². The van der Waals surface area contributed by atoms with Crippen LogP contribution in [0, 0.1) is 0 Å². The number of carbonyl (C=O) groups is 1. The van der Waals surface area contributed by atoms with Gasteiger partial charge in [0, 0.05) is 34.5 Å². The molecule has 1 unspecified atom stereocenters. The highest BCUT2D eigenvalue weighted by atomic mass is 16.6. The van der Waals surface area contributed by atoms with Gasteiger partial charge in [0.25, 0.3) is 0 Å². The number of H-pyrrole nitrogens is 1. The zero-order valence-electron chi connectivity index (χ0n) is 19.7. The van der Waals surface area contributed by atoms with Gasteiger partial charge in [0.1, 0.15) is 18.0 Å². The molecule has 0 spiro atoms. The number of carbonyl (C=O) groups excluding carboxylic acids is 1. The number of anilines is 1. The van der Waals surface area contributed by atoms with Gasteiger partial charge in [-0.1, -0.05) is 30.3 Å². The zero-order valence-corrected chi connectivity index (χ0v) is 19.7. The highest BCUT2D eigenvalue weighted by Crippen LogP contribution is 2.25. The summed E-state index contributed by atoms with van der Waals surface area (Å²) in [7, 11) is 0. The smallest absolute Gasteiger partial charge is 0.408 e. The molecule has 0 bridgehead atoms. The summed E-state index contributed by atoms with van der Waals surface area (Å²) in [6, 6.07) is 17.3. The van der Waals surface area contributed by atoms with Crippen molar-refractivity contribution in [1.29, 1.82) is 0 Å². The van der Waals surface area contributed by atoms with E-state index in [0.717, 1.165) is 27.6 Å². The van der Waals surface area contributed by atoms with E-state index in [1.807, 2.05) is 75.5 Å². The number of pyridine rings is 1. The molecule has 0 aliphatic heterocycles. The normalized spacial score (nSPS) is 12.3. The number of aromatic nitrogens is 2. The number of benzene rings is 2. The van der Waals surface area contributed by atoms with Crippen molar-refractivity contribution in [2.75, 3.05) is 12.3 Å². The predicted octanol–water partition coefficient (Wildman–Crippen LogP) is 5.33. The van der Waals surface area contributed by atoms with Gasteiger partial charge >= 0.3 is 6.09 Å². The lowest BCUT2D eigenvalue weighted by molar-refractivity contribution is 0.0488. The fourth-order valence-electron chi connectivity index (χ4n) is 3.76. The van der Waals surface area contributed by atoms with Crippen LogP contribution in [-0.2, 0) is 11.2 Å². The Labute approximate surface area is 199 Å². The Morgan fingerprint density at radius 3 is 2.71 bits per heavy atom. The topological polar surface area (TPSA) is 102 Å². The van der Waals surface area contributed by atoms with Gasteiger partial charge in [0.2, 0.25) is 0 Å². The third-order valence-electron chi connectivity index (χ3n) is 5.25. The molecule has 2 heterocycles. The van der Waals surface area contributed by atoms with Crippen LogP contribution in [0.1, 0.15) is 26.3 Å². The molecule has 4 rings (SSSR count). The number of nitrogens with zero attached hydrogens (tertiary/aromatic N) is 1. The average Bonchev–Trinajstić information content (AvgIpc) is 3.19. The minimum atomic E-state index is -0.591. The molecular formula is C27H30N4O3. The van der Waals surface area contributed by atoms with Crippen molar-refractivity contribution in [3.63, 3.8) is 0 Å². The van der Waals surface area contributed by atoms with Crippen molar-refractivity contribution in [3.05, 3.63) is 78.8 Å². The summed E-state index contributed by atoms with van der Waals surface area (Å²) in [6.07, 6.45) is 5.49. The minimum Gasteiger partial charge on any atom is -0.490 e. The minimum absolute atomic E-state index is 0.251. The average molecular weight is 459 g/mol. The number of fused-ring (bicyclic) bond motifs is 1. The predicted molar refractivity (Wildman–Crippen MR) is 135 cm³/mol. The Hall–Kier alpha value is -4.00. The van der Waals surface area contributed by atoms with E-state index in [4.69, 9.17) is 15.2 Å². The Kier molecular flexibility index (Phi) is 6.72. The second-order valence-corrected chi connectivity index (χ2v) is 9.25. The van der Waals surface area contributed by atoms with E-state index in [1.165, 1.54) is 0 Å². The van der Waals surface area contributed by atoms with Crippen molar-refractivity contribution < 1.29 is 14.3 Å². The summed E-state index contributed by atoms with van der Waals surface area (Å²) >= 11 is 0. The lowest BCUT2D eigenvalue weighted by atomic mass is 10.1. The summed E-state index contributed by atoms with van der Waals surface area (Å²) in [5.41, 5.74) is 10.0. The van der Waals surface area contributed by atoms with Crippen LogP contribution in [0.4, 0.5) is 10.5 Å². The summed E-state index contributed by atoms with van der Waals surface area (Å²) in [4.78, 5) is 20.1. The van der Waals surface area contributed by atoms with Gasteiger partial charge in [-0.2, -0.15) is 0 Å². The van der Waals surface area contributed by atoms with Crippen LogP contribution < -0.4 is 15.8 Å². The molecule has 2 aromatic heterocycles. The third kappa shape index (κ3) is 6.07. The first-order valence-corrected chi connectivity index (χ1v) is 11.2. The number of alkyl carbamates (subject to hydrolysis) is 1. The summed E-state index contributed by atoms with van der Waals surface area (Å²) in [5, 5.41) is 4.08. The molecule has 0 aliphatic rings. The number of para-hydroxylation sites is 1. The highest BCUT2D eigenvalue weighted by Gasteiger charge is 2.21. The third-order valence-corrected chi connectivity index (χ3v) is 5.25. The molecule has 2 aromatic carbocycles. The monoisotopic (exact) mass is 458 g/mol. The molecule has 4 N–H and O–H groups in total. The van der Waals surface area contributed by atoms with Crippen LogP contribution in [0.3, 0.4) is 0 Å². The largest absolute Gasteiger partial charge is 0.490 e. The van der Waals surface area contributed by atoms with Crippen molar-refractivity contribution in [3.8, 4) is 16.9 Å². The number of ether oxygens (including phenoxy) is 2. The van der Waals surface area contributed by atoms with Crippen LogP contribution in [0.5, 0.6) is 5.75 Å². The quantitative estimate of drug-likeness (QED) is 0.325. The molecule has 0 saturated heterocycles. The number of hydrogen-bond donors (Lipinski definition) is 3. The number of rotatable bonds is 7. The molecule has 1 amide bonds. The van der Waals surface area contributed by atoms with Gasteiger partial charge in [0.15, 0.2) is 0 Å². The fraction of sp³-hybridized carbons (Fsp3) is 0.259. The summed E-state index contributed by atoms with van der Waals surface area (Å²) in [6.45, 7) is 5.77. The Bertz CT molecular complexity index is 1280. The molecule has 0 aliphatic carbocycles. The van der Waals surface area contributed by atoms with Crippen LogP contribution in [0.2, 0.25) is 0 Å². The van der Waals surface area contributed by atoms with Crippen molar-refractivity contribution in [2.45, 2.75) is 38.8 Å². The van der Waals surface area contributed by atoms with Crippen LogP contribution in [0.15, 0.2) is 73.2 Å². The molecule has 1 atom stereocenters. The van der Waals surface area contributed by atoms with Gasteiger partial charge in [0.05, 0.1) is 12.2 Å². The summed E-state index contributed by atoms with van der Waals surface area (Å²) < 4.78 is 11.6. The van der Waals surface area contributed by atoms with Gasteiger partial charge in [-0.25, -0.2) is 4.79 Å². The first kappa shape index (κ1) is 23.2. The lowest BCUT2D eigenvalue weighted by Gasteiger charge is -2.24. The number of amides is 1. The van der Waals surface area contributed by atoms with E-state index < -0.39 is 11.7 Å². The lowest BCUT2D eigenvalue weighted by Crippen LogP contribution is -2.43. The first-order valence-electron chi connectivity index (χ1n) is 11.2. The molecule has 7 nitrogen and oxygen atoms in total. The molecule has 7 heteroatoms. The first-order chi connectivity index (χ1) is 16.3. The summed E-state index contributed by atoms with van der Waals surface area (Å²) in [5.74, 6) is 0.606. The number of aromatic amines is 1. The fourth-order valence-corrected chi connectivity index (χ4v) is 3.76. The molecule has 0 fully saturated rings. The molecule has 4 aromatic rings. The number of nitrogen functional groups attached to an aromatic ring is 1. The van der Waals surface area contributed by atoms with E-state index in [-0.39, 0.29) is 12.6 Å². The van der Waals surface area contributed by atoms with E-state index in [1.54, 1.807) is 12.4 Å². The van der Waals surface area contributed by atoms with Gasteiger partial charge in [-0.3, -0.25) is 4.98 Å². The van der Waals surface area contributed by atoms with E-state index in [2.05, 4.69) is 21.4 Å². The Balaban J connectivity index is 1.51. The van der Waals surface area contributed by atoms with E-state index in [0.29, 0.717) is 17.9 Å². The van der Waals surface area contributed by atoms with Crippen molar-refractivity contribution >= 4 is 22.7 Å². The standard InChI is InChI=1S/C27H30N4O3/c1-27(2,3)34-26(32)31-22(12-20-15-30-25-10-5-4-9-24(20)25)17-33-23-13-19(14-29-16-23)18-7-6-8-21(28)11-18/h4-11,13-16,22,30H,12,17,28H2,1-3H3,(H,31,32). The maximum Gasteiger partial charge on any atom is 0.408 e. The van der Waals surface area contributed by atoms with E-state index >= 15 is 0 Å². The SMILES string of the molecule is CC(C)(C)OC(=O)NC(COc1cncc(-c2cccc(N)c2)c1)Cc1c[nH]c2ccccc12. The van der Waals surface area contributed by atoms with Crippen LogP contribution >= 0.6 is 0 Å². The maximum absolute atomic E-state index is 12.5. The maximum atomic E-state index is 12.5. The Morgan fingerprint density at radius 2 is 1.91 bits per heavy atom. The number of hydrogen-bond acceptors (Lipinski definition) is 5. The molecular weight excluding hydrogens is 428 g/mol. The second kappa shape index (κ2) is 9.87. The van der Waals surface area contributed by atoms with Crippen molar-refractivity contribution in [2.24, 2.45) is 0 Å². The highest BCUT2D eigenvalue weighted by molar-refractivity contribution is 5.83. The van der Waals surface area contributed by atoms with Crippen LogP contribution in [0.25, 0.3) is 22.0 Å². The van der Waals surface area contributed by atoms with E-state index in [9.17, 15) is 4.79 Å².